The molecule has 16 heavy (non-hydrogen) atoms. The zero-order valence-electron chi connectivity index (χ0n) is 10.5. The first-order valence-corrected chi connectivity index (χ1v) is 5.85. The number of amides is 1. The molecule has 0 saturated carbocycles. The molecule has 1 amide bonds. The fraction of sp³-hybridized carbons (Fsp3) is 0.833. The largest absolute Gasteiger partial charge is 0.367 e. The minimum absolute atomic E-state index is 0.304. The average molecular weight is 229 g/mol. The summed E-state index contributed by atoms with van der Waals surface area (Å²) >= 11 is 0. The van der Waals surface area contributed by atoms with Gasteiger partial charge >= 0.3 is 0 Å². The van der Waals surface area contributed by atoms with Crippen LogP contribution in [0.3, 0.4) is 0 Å². The third-order valence-electron chi connectivity index (χ3n) is 2.55. The van der Waals surface area contributed by atoms with Crippen LogP contribution in [0.2, 0.25) is 0 Å². The van der Waals surface area contributed by atoms with Gasteiger partial charge in [0.05, 0.1) is 0 Å². The second kappa shape index (κ2) is 7.39. The van der Waals surface area contributed by atoms with E-state index in [1.807, 2.05) is 6.92 Å². The van der Waals surface area contributed by atoms with E-state index in [9.17, 15) is 9.59 Å². The zero-order chi connectivity index (χ0) is 12.6. The van der Waals surface area contributed by atoms with Gasteiger partial charge in [-0.1, -0.05) is 13.3 Å². The highest BCUT2D eigenvalue weighted by Crippen LogP contribution is 2.10. The summed E-state index contributed by atoms with van der Waals surface area (Å²) in [5.74, 6) is -0.146. The lowest BCUT2D eigenvalue weighted by Crippen LogP contribution is -2.40. The van der Waals surface area contributed by atoms with E-state index in [2.05, 4.69) is 0 Å². The minimum atomic E-state index is -0.890. The molecule has 0 saturated heterocycles. The summed E-state index contributed by atoms with van der Waals surface area (Å²) in [6, 6.07) is 0. The van der Waals surface area contributed by atoms with Crippen molar-refractivity contribution < 1.29 is 14.3 Å². The summed E-state index contributed by atoms with van der Waals surface area (Å²) in [6.07, 6.45) is 3.96. The van der Waals surface area contributed by atoms with Gasteiger partial charge in [-0.25, -0.2) is 0 Å². The van der Waals surface area contributed by atoms with E-state index in [0.717, 1.165) is 19.3 Å². The first-order chi connectivity index (χ1) is 7.40. The van der Waals surface area contributed by atoms with Crippen LogP contribution in [0.25, 0.3) is 0 Å². The predicted octanol–water partition coefficient (Wildman–Crippen LogP) is 1.81. The molecule has 0 fully saturated rings. The Morgan fingerprint density at radius 1 is 1.19 bits per heavy atom. The molecule has 0 spiro atoms. The van der Waals surface area contributed by atoms with Crippen LogP contribution in [-0.2, 0) is 14.3 Å². The van der Waals surface area contributed by atoms with Crippen LogP contribution in [0.4, 0.5) is 0 Å². The molecule has 0 aromatic heterocycles. The van der Waals surface area contributed by atoms with Crippen LogP contribution in [0, 0.1) is 0 Å². The van der Waals surface area contributed by atoms with Crippen molar-refractivity contribution in [1.82, 2.24) is 0 Å². The molecule has 4 heteroatoms. The molecule has 0 aliphatic carbocycles. The predicted molar refractivity (Wildman–Crippen MR) is 63.0 cm³/mol. The van der Waals surface area contributed by atoms with E-state index in [1.165, 1.54) is 0 Å². The van der Waals surface area contributed by atoms with Crippen LogP contribution < -0.4 is 5.73 Å². The topological polar surface area (TPSA) is 69.4 Å². The number of unbranched alkanes of at least 4 members (excludes halogenated alkanes) is 2. The van der Waals surface area contributed by atoms with E-state index in [1.54, 1.807) is 13.8 Å². The Morgan fingerprint density at radius 3 is 2.31 bits per heavy atom. The van der Waals surface area contributed by atoms with Gasteiger partial charge in [0, 0.05) is 19.4 Å². The number of hydrogen-bond donors (Lipinski definition) is 1. The number of carbonyl (C=O) groups excluding carboxylic acids is 2. The van der Waals surface area contributed by atoms with E-state index in [-0.39, 0.29) is 0 Å². The van der Waals surface area contributed by atoms with Crippen molar-refractivity contribution in [3.05, 3.63) is 0 Å². The molecule has 0 aliphatic heterocycles. The van der Waals surface area contributed by atoms with Gasteiger partial charge < -0.3 is 10.5 Å². The Hall–Kier alpha value is -0.900. The number of carbonyl (C=O) groups is 2. The minimum Gasteiger partial charge on any atom is -0.367 e. The van der Waals surface area contributed by atoms with Crippen molar-refractivity contribution in [2.45, 2.75) is 58.5 Å². The maximum absolute atomic E-state index is 11.0. The van der Waals surface area contributed by atoms with Crippen LogP contribution in [0.5, 0.6) is 0 Å². The second-order valence-electron chi connectivity index (χ2n) is 4.43. The van der Waals surface area contributed by atoms with E-state index < -0.39 is 11.5 Å². The van der Waals surface area contributed by atoms with Crippen molar-refractivity contribution in [3.8, 4) is 0 Å². The highest BCUT2D eigenvalue weighted by molar-refractivity contribution is 5.82. The van der Waals surface area contributed by atoms with Crippen LogP contribution in [0.1, 0.15) is 52.9 Å². The molecule has 94 valence electrons. The van der Waals surface area contributed by atoms with Gasteiger partial charge in [-0.2, -0.15) is 0 Å². The summed E-state index contributed by atoms with van der Waals surface area (Å²) in [6.45, 7) is 5.71. The van der Waals surface area contributed by atoms with Gasteiger partial charge in [0.1, 0.15) is 11.4 Å². The van der Waals surface area contributed by atoms with Gasteiger partial charge in [0.2, 0.25) is 5.91 Å². The number of nitrogens with two attached hydrogens (primary N) is 1. The van der Waals surface area contributed by atoms with E-state index in [0.29, 0.717) is 25.2 Å². The third kappa shape index (κ3) is 6.56. The van der Waals surface area contributed by atoms with Gasteiger partial charge in [-0.15, -0.1) is 0 Å². The molecule has 0 bridgehead atoms. The maximum atomic E-state index is 11.0. The summed E-state index contributed by atoms with van der Waals surface area (Å²) in [5.41, 5.74) is 4.27. The molecule has 0 aromatic rings. The number of primary amides is 1. The van der Waals surface area contributed by atoms with Gasteiger partial charge in [0.15, 0.2) is 0 Å². The second-order valence-corrected chi connectivity index (χ2v) is 4.43. The Bertz CT molecular complexity index is 236. The number of Topliss-reactive ketones (excluding diaryl/α,β-unsaturated/α-hetero) is 1. The van der Waals surface area contributed by atoms with E-state index >= 15 is 0 Å². The normalized spacial score (nSPS) is 11.4. The van der Waals surface area contributed by atoms with Crippen molar-refractivity contribution in [1.29, 1.82) is 0 Å². The lowest BCUT2D eigenvalue weighted by atomic mass is 10.1. The Balaban J connectivity index is 3.47. The van der Waals surface area contributed by atoms with Crippen LogP contribution in [-0.4, -0.2) is 23.9 Å². The Morgan fingerprint density at radius 2 is 1.81 bits per heavy atom. The van der Waals surface area contributed by atoms with Crippen LogP contribution in [0.15, 0.2) is 0 Å². The van der Waals surface area contributed by atoms with Gasteiger partial charge in [-0.05, 0) is 26.7 Å². The summed E-state index contributed by atoms with van der Waals surface area (Å²) < 4.78 is 5.36. The maximum Gasteiger partial charge on any atom is 0.249 e. The van der Waals surface area contributed by atoms with E-state index in [4.69, 9.17) is 10.5 Å². The highest BCUT2D eigenvalue weighted by Gasteiger charge is 2.24. The molecule has 0 aliphatic rings. The zero-order valence-corrected chi connectivity index (χ0v) is 10.5. The average Bonchev–Trinajstić information content (AvgIpc) is 2.22. The molecular formula is C12H23NO3. The summed E-state index contributed by atoms with van der Waals surface area (Å²) in [5, 5.41) is 0. The first kappa shape index (κ1) is 15.1. The quantitative estimate of drug-likeness (QED) is 0.613. The van der Waals surface area contributed by atoms with Crippen molar-refractivity contribution >= 4 is 11.7 Å². The molecule has 0 aromatic carbocycles. The number of rotatable bonds is 9. The fourth-order valence-electron chi connectivity index (χ4n) is 1.18. The van der Waals surface area contributed by atoms with Gasteiger partial charge in [0.25, 0.3) is 0 Å². The summed E-state index contributed by atoms with van der Waals surface area (Å²) in [7, 11) is 0. The smallest absolute Gasteiger partial charge is 0.249 e. The lowest BCUT2D eigenvalue weighted by Gasteiger charge is -2.21. The number of hydrogen-bond acceptors (Lipinski definition) is 3. The molecule has 0 heterocycles. The van der Waals surface area contributed by atoms with Crippen molar-refractivity contribution in [2.24, 2.45) is 5.73 Å². The Kier molecular flexibility index (Phi) is 6.97. The standard InChI is InChI=1S/C12H23NO3/c1-4-10(14)8-6-5-7-9-16-12(2,3)11(13)15/h4-9H2,1-3H3,(H2,13,15). The molecule has 2 N–H and O–H groups in total. The monoisotopic (exact) mass is 229 g/mol. The molecular weight excluding hydrogens is 206 g/mol. The SMILES string of the molecule is CCC(=O)CCCCCOC(C)(C)C(N)=O. The molecule has 4 nitrogen and oxygen atoms in total. The van der Waals surface area contributed by atoms with Crippen LogP contribution >= 0.6 is 0 Å². The molecule has 0 atom stereocenters. The number of ether oxygens (including phenoxy) is 1. The lowest BCUT2D eigenvalue weighted by molar-refractivity contribution is -0.139. The molecule has 0 rings (SSSR count). The highest BCUT2D eigenvalue weighted by atomic mass is 16.5. The fourth-order valence-corrected chi connectivity index (χ4v) is 1.18. The first-order valence-electron chi connectivity index (χ1n) is 5.85. The van der Waals surface area contributed by atoms with Gasteiger partial charge in [-0.3, -0.25) is 9.59 Å². The Labute approximate surface area is 97.5 Å². The summed E-state index contributed by atoms with van der Waals surface area (Å²) in [4.78, 5) is 21.9. The van der Waals surface area contributed by atoms with Crippen molar-refractivity contribution in [2.75, 3.05) is 6.61 Å². The third-order valence-corrected chi connectivity index (χ3v) is 2.55. The number of ketones is 1. The van der Waals surface area contributed by atoms with Crippen molar-refractivity contribution in [3.63, 3.8) is 0 Å². The molecule has 0 unspecified atom stereocenters. The molecule has 0 radical (unpaired) electrons.